The van der Waals surface area contributed by atoms with Gasteiger partial charge in [0.2, 0.25) is 0 Å². The predicted octanol–water partition coefficient (Wildman–Crippen LogP) is 3.00. The van der Waals surface area contributed by atoms with Crippen molar-refractivity contribution in [2.24, 2.45) is 0 Å². The lowest BCUT2D eigenvalue weighted by Gasteiger charge is -2.26. The quantitative estimate of drug-likeness (QED) is 0.595. The molecular formula is C13H15NO3. The van der Waals surface area contributed by atoms with Crippen molar-refractivity contribution < 1.29 is 9.72 Å². The van der Waals surface area contributed by atoms with Gasteiger partial charge in [0.25, 0.3) is 5.69 Å². The van der Waals surface area contributed by atoms with E-state index in [1.165, 1.54) is 12.1 Å². The zero-order valence-electron chi connectivity index (χ0n) is 9.81. The predicted molar refractivity (Wildman–Crippen MR) is 63.9 cm³/mol. The fourth-order valence-corrected chi connectivity index (χ4v) is 2.72. The van der Waals surface area contributed by atoms with Gasteiger partial charge in [0.15, 0.2) is 0 Å². The molecule has 1 saturated carbocycles. The Hall–Kier alpha value is -1.71. The largest absolute Gasteiger partial charge is 0.299 e. The smallest absolute Gasteiger partial charge is 0.269 e. The van der Waals surface area contributed by atoms with E-state index in [2.05, 4.69) is 0 Å². The van der Waals surface area contributed by atoms with Crippen LogP contribution in [0.15, 0.2) is 24.3 Å². The highest BCUT2D eigenvalue weighted by Crippen LogP contribution is 2.42. The standard InChI is InChI=1S/C13H15NO3/c1-10(15)13(8-2-3-9-13)11-4-6-12(7-5-11)14(16)17/h4-7H,2-3,8-9H2,1H3. The molecule has 2 rings (SSSR count). The molecule has 0 unspecified atom stereocenters. The van der Waals surface area contributed by atoms with Crippen LogP contribution in [0.3, 0.4) is 0 Å². The van der Waals surface area contributed by atoms with Crippen LogP contribution in [0.4, 0.5) is 5.69 Å². The number of benzene rings is 1. The van der Waals surface area contributed by atoms with Crippen LogP contribution in [-0.2, 0) is 10.2 Å². The number of carbonyl (C=O) groups excluding carboxylic acids is 1. The molecule has 0 spiro atoms. The maximum absolute atomic E-state index is 11.9. The Balaban J connectivity index is 2.38. The van der Waals surface area contributed by atoms with Crippen LogP contribution in [0, 0.1) is 10.1 Å². The summed E-state index contributed by atoms with van der Waals surface area (Å²) < 4.78 is 0. The van der Waals surface area contributed by atoms with E-state index in [9.17, 15) is 14.9 Å². The molecule has 0 atom stereocenters. The van der Waals surface area contributed by atoms with Crippen LogP contribution in [0.5, 0.6) is 0 Å². The Kier molecular flexibility index (Phi) is 2.96. The zero-order valence-corrected chi connectivity index (χ0v) is 9.81. The molecule has 0 amide bonds. The number of hydrogen-bond acceptors (Lipinski definition) is 3. The number of rotatable bonds is 3. The van der Waals surface area contributed by atoms with Gasteiger partial charge in [0.1, 0.15) is 5.78 Å². The van der Waals surface area contributed by atoms with Crippen LogP contribution >= 0.6 is 0 Å². The van der Waals surface area contributed by atoms with Crippen molar-refractivity contribution in [2.45, 2.75) is 38.0 Å². The molecule has 0 aliphatic heterocycles. The average Bonchev–Trinajstić information content (AvgIpc) is 2.79. The van der Waals surface area contributed by atoms with Crippen LogP contribution in [0.2, 0.25) is 0 Å². The van der Waals surface area contributed by atoms with Crippen molar-refractivity contribution in [3.05, 3.63) is 39.9 Å². The Bertz CT molecular complexity index is 444. The SMILES string of the molecule is CC(=O)C1(c2ccc([N+](=O)[O-])cc2)CCCC1. The Morgan fingerprint density at radius 3 is 2.18 bits per heavy atom. The third-order valence-corrected chi connectivity index (χ3v) is 3.76. The summed E-state index contributed by atoms with van der Waals surface area (Å²) in [6.45, 7) is 1.62. The summed E-state index contributed by atoms with van der Waals surface area (Å²) in [5, 5.41) is 10.6. The summed E-state index contributed by atoms with van der Waals surface area (Å²) in [5.41, 5.74) is 0.605. The summed E-state index contributed by atoms with van der Waals surface area (Å²) in [5.74, 6) is 0.170. The number of nitrogens with zero attached hydrogens (tertiary/aromatic N) is 1. The summed E-state index contributed by atoms with van der Waals surface area (Å²) in [7, 11) is 0. The summed E-state index contributed by atoms with van der Waals surface area (Å²) in [4.78, 5) is 22.0. The lowest BCUT2D eigenvalue weighted by Crippen LogP contribution is -2.30. The Labute approximate surface area is 99.8 Å². The number of non-ortho nitro benzene ring substituents is 1. The highest BCUT2D eigenvalue weighted by atomic mass is 16.6. The molecule has 17 heavy (non-hydrogen) atoms. The monoisotopic (exact) mass is 233 g/mol. The third kappa shape index (κ3) is 1.95. The number of hydrogen-bond donors (Lipinski definition) is 0. The number of ketones is 1. The van der Waals surface area contributed by atoms with E-state index in [-0.39, 0.29) is 11.5 Å². The summed E-state index contributed by atoms with van der Waals surface area (Å²) >= 11 is 0. The molecule has 0 aromatic heterocycles. The second kappa shape index (κ2) is 4.28. The molecule has 1 aliphatic rings. The molecule has 1 aromatic carbocycles. The molecule has 4 heteroatoms. The van der Waals surface area contributed by atoms with E-state index in [0.29, 0.717) is 0 Å². The fraction of sp³-hybridized carbons (Fsp3) is 0.462. The van der Waals surface area contributed by atoms with Crippen LogP contribution < -0.4 is 0 Å². The molecule has 1 fully saturated rings. The van der Waals surface area contributed by atoms with Gasteiger partial charge < -0.3 is 0 Å². The third-order valence-electron chi connectivity index (χ3n) is 3.76. The van der Waals surface area contributed by atoms with Crippen LogP contribution in [0.25, 0.3) is 0 Å². The van der Waals surface area contributed by atoms with E-state index < -0.39 is 10.3 Å². The van der Waals surface area contributed by atoms with Gasteiger partial charge in [0.05, 0.1) is 10.3 Å². The van der Waals surface area contributed by atoms with E-state index >= 15 is 0 Å². The average molecular weight is 233 g/mol. The van der Waals surface area contributed by atoms with E-state index in [1.807, 2.05) is 0 Å². The lowest BCUT2D eigenvalue weighted by atomic mass is 9.76. The molecule has 0 radical (unpaired) electrons. The van der Waals surface area contributed by atoms with Gasteiger partial charge in [-0.15, -0.1) is 0 Å². The van der Waals surface area contributed by atoms with Crippen LogP contribution in [-0.4, -0.2) is 10.7 Å². The van der Waals surface area contributed by atoms with Gasteiger partial charge >= 0.3 is 0 Å². The maximum Gasteiger partial charge on any atom is 0.269 e. The van der Waals surface area contributed by atoms with E-state index in [1.54, 1.807) is 19.1 Å². The topological polar surface area (TPSA) is 60.2 Å². The minimum absolute atomic E-state index is 0.0745. The zero-order chi connectivity index (χ0) is 12.5. The molecule has 0 bridgehead atoms. The van der Waals surface area contributed by atoms with Crippen molar-refractivity contribution in [3.8, 4) is 0 Å². The van der Waals surface area contributed by atoms with Gasteiger partial charge in [-0.2, -0.15) is 0 Å². The molecule has 90 valence electrons. The first-order valence-corrected chi connectivity index (χ1v) is 5.82. The number of Topliss-reactive ketones (excluding diaryl/α,β-unsaturated/α-hetero) is 1. The Morgan fingerprint density at radius 2 is 1.76 bits per heavy atom. The molecule has 0 heterocycles. The molecule has 1 aromatic rings. The summed E-state index contributed by atoms with van der Waals surface area (Å²) in [6, 6.07) is 6.42. The van der Waals surface area contributed by atoms with Gasteiger partial charge in [-0.1, -0.05) is 25.0 Å². The van der Waals surface area contributed by atoms with Gasteiger partial charge in [0, 0.05) is 12.1 Å². The van der Waals surface area contributed by atoms with Crippen molar-refractivity contribution in [2.75, 3.05) is 0 Å². The normalized spacial score (nSPS) is 17.9. The molecule has 0 N–H and O–H groups in total. The van der Waals surface area contributed by atoms with Crippen molar-refractivity contribution in [1.82, 2.24) is 0 Å². The van der Waals surface area contributed by atoms with Gasteiger partial charge in [-0.3, -0.25) is 14.9 Å². The lowest BCUT2D eigenvalue weighted by molar-refractivity contribution is -0.384. The van der Waals surface area contributed by atoms with Crippen molar-refractivity contribution >= 4 is 11.5 Å². The maximum atomic E-state index is 11.9. The number of nitro groups is 1. The second-order valence-corrected chi connectivity index (χ2v) is 4.65. The number of nitro benzene ring substituents is 1. The van der Waals surface area contributed by atoms with Gasteiger partial charge in [-0.25, -0.2) is 0 Å². The Morgan fingerprint density at radius 1 is 1.24 bits per heavy atom. The van der Waals surface area contributed by atoms with E-state index in [4.69, 9.17) is 0 Å². The number of carbonyl (C=O) groups is 1. The van der Waals surface area contributed by atoms with Crippen molar-refractivity contribution in [1.29, 1.82) is 0 Å². The highest BCUT2D eigenvalue weighted by molar-refractivity contribution is 5.88. The second-order valence-electron chi connectivity index (χ2n) is 4.65. The summed E-state index contributed by atoms with van der Waals surface area (Å²) in [6.07, 6.45) is 3.83. The molecule has 4 nitrogen and oxygen atoms in total. The minimum Gasteiger partial charge on any atom is -0.299 e. The first-order valence-electron chi connectivity index (χ1n) is 5.82. The van der Waals surface area contributed by atoms with Gasteiger partial charge in [-0.05, 0) is 25.3 Å². The molecule has 0 saturated heterocycles. The highest BCUT2D eigenvalue weighted by Gasteiger charge is 2.39. The molecule has 1 aliphatic carbocycles. The minimum atomic E-state index is -0.418. The fourth-order valence-electron chi connectivity index (χ4n) is 2.72. The molecular weight excluding hydrogens is 218 g/mol. The first-order chi connectivity index (χ1) is 8.06. The van der Waals surface area contributed by atoms with Crippen LogP contribution in [0.1, 0.15) is 38.2 Å². The van der Waals surface area contributed by atoms with Crippen molar-refractivity contribution in [3.63, 3.8) is 0 Å². The van der Waals surface area contributed by atoms with E-state index in [0.717, 1.165) is 31.2 Å². The first kappa shape index (κ1) is 11.8.